The van der Waals surface area contributed by atoms with Crippen LogP contribution >= 0.6 is 0 Å². The highest BCUT2D eigenvalue weighted by Gasteiger charge is 2.22. The number of aryl methyl sites for hydroxylation is 1. The van der Waals surface area contributed by atoms with Crippen LogP contribution in [0.1, 0.15) is 29.3 Å². The Morgan fingerprint density at radius 3 is 2.92 bits per heavy atom. The third kappa shape index (κ3) is 2.69. The van der Waals surface area contributed by atoms with Gasteiger partial charge < -0.3 is 10.2 Å². The second kappa shape index (κ2) is 5.80. The molecule has 8 heteroatoms. The van der Waals surface area contributed by atoms with E-state index >= 15 is 0 Å². The molecule has 0 radical (unpaired) electrons. The van der Waals surface area contributed by atoms with Gasteiger partial charge in [0, 0.05) is 43.3 Å². The van der Waals surface area contributed by atoms with Crippen LogP contribution < -0.4 is 10.2 Å². The van der Waals surface area contributed by atoms with Crippen molar-refractivity contribution >= 4 is 23.1 Å². The molecule has 0 atom stereocenters. The quantitative estimate of drug-likeness (QED) is 0.765. The van der Waals surface area contributed by atoms with Gasteiger partial charge in [-0.05, 0) is 25.5 Å². The molecule has 0 fully saturated rings. The number of carbonyl (C=O) groups is 1. The molecular formula is C17H19N7O. The highest BCUT2D eigenvalue weighted by molar-refractivity contribution is 5.88. The van der Waals surface area contributed by atoms with Crippen molar-refractivity contribution < 1.29 is 4.79 Å². The van der Waals surface area contributed by atoms with Gasteiger partial charge in [0.05, 0.1) is 11.9 Å². The largest absolute Gasteiger partial charge is 0.350 e. The Morgan fingerprint density at radius 1 is 1.28 bits per heavy atom. The minimum absolute atomic E-state index is 0.0967. The number of hydrogen-bond acceptors (Lipinski definition) is 6. The number of rotatable bonds is 2. The minimum atomic E-state index is -0.0967. The third-order valence-corrected chi connectivity index (χ3v) is 4.63. The van der Waals surface area contributed by atoms with Crippen LogP contribution in [0.25, 0.3) is 5.65 Å². The first-order valence-electron chi connectivity index (χ1n) is 8.20. The second-order valence-corrected chi connectivity index (χ2v) is 6.36. The first-order chi connectivity index (χ1) is 12.0. The topological polar surface area (TPSA) is 88.3 Å². The van der Waals surface area contributed by atoms with Crippen molar-refractivity contribution in [2.75, 3.05) is 16.8 Å². The molecule has 25 heavy (non-hydrogen) atoms. The van der Waals surface area contributed by atoms with Gasteiger partial charge in [0.1, 0.15) is 6.33 Å². The summed E-state index contributed by atoms with van der Waals surface area (Å²) in [4.78, 5) is 18.0. The normalized spacial score (nSPS) is 13.8. The van der Waals surface area contributed by atoms with Crippen molar-refractivity contribution in [3.05, 3.63) is 41.0 Å². The number of nitrogens with zero attached hydrogens (tertiary/aromatic N) is 6. The van der Waals surface area contributed by atoms with Crippen molar-refractivity contribution in [3.63, 3.8) is 0 Å². The lowest BCUT2D eigenvalue weighted by Gasteiger charge is -2.30. The molecule has 3 aromatic rings. The molecule has 0 aromatic carbocycles. The van der Waals surface area contributed by atoms with E-state index in [2.05, 4.69) is 32.3 Å². The molecule has 8 nitrogen and oxygen atoms in total. The summed E-state index contributed by atoms with van der Waals surface area (Å²) < 4.78 is 1.72. The van der Waals surface area contributed by atoms with Gasteiger partial charge in [-0.15, -0.1) is 15.3 Å². The van der Waals surface area contributed by atoms with Crippen LogP contribution in [-0.2, 0) is 17.8 Å². The number of anilines is 2. The highest BCUT2D eigenvalue weighted by atomic mass is 16.1. The summed E-state index contributed by atoms with van der Waals surface area (Å²) in [5, 5.41) is 15.6. The molecule has 0 spiro atoms. The van der Waals surface area contributed by atoms with Gasteiger partial charge in [-0.3, -0.25) is 9.78 Å². The first-order valence-corrected chi connectivity index (χ1v) is 8.20. The molecule has 0 saturated heterocycles. The average Bonchev–Trinajstić information content (AvgIpc) is 3.05. The lowest BCUT2D eigenvalue weighted by atomic mass is 10.0. The maximum Gasteiger partial charge on any atom is 0.221 e. The van der Waals surface area contributed by atoms with Gasteiger partial charge >= 0.3 is 0 Å². The van der Waals surface area contributed by atoms with Crippen LogP contribution in [0.3, 0.4) is 0 Å². The molecule has 4 rings (SSSR count). The van der Waals surface area contributed by atoms with Crippen molar-refractivity contribution in [1.29, 1.82) is 0 Å². The molecule has 1 aliphatic heterocycles. The Balaban J connectivity index is 1.70. The molecule has 0 aliphatic carbocycles. The van der Waals surface area contributed by atoms with E-state index in [1.807, 2.05) is 13.0 Å². The van der Waals surface area contributed by atoms with Crippen LogP contribution in [0.5, 0.6) is 0 Å². The highest BCUT2D eigenvalue weighted by Crippen LogP contribution is 2.28. The zero-order valence-corrected chi connectivity index (χ0v) is 14.4. The number of nitrogens with one attached hydrogen (secondary N) is 1. The molecule has 1 amide bonds. The fraction of sp³-hybridized carbons (Fsp3) is 0.353. The Hall–Kier alpha value is -3.03. The van der Waals surface area contributed by atoms with E-state index in [1.54, 1.807) is 17.0 Å². The van der Waals surface area contributed by atoms with Crippen LogP contribution in [0.15, 0.2) is 18.6 Å². The fourth-order valence-electron chi connectivity index (χ4n) is 3.24. The Bertz CT molecular complexity index is 979. The fourth-order valence-corrected chi connectivity index (χ4v) is 3.24. The number of amides is 1. The number of aromatic nitrogens is 5. The van der Waals surface area contributed by atoms with Crippen LogP contribution in [0.4, 0.5) is 11.5 Å². The molecule has 0 unspecified atom stereocenters. The Labute approximate surface area is 144 Å². The van der Waals surface area contributed by atoms with E-state index in [0.29, 0.717) is 6.54 Å². The van der Waals surface area contributed by atoms with E-state index in [9.17, 15) is 4.79 Å². The predicted molar refractivity (Wildman–Crippen MR) is 93.6 cm³/mol. The van der Waals surface area contributed by atoms with Crippen molar-refractivity contribution in [3.8, 4) is 0 Å². The van der Waals surface area contributed by atoms with Gasteiger partial charge in [-0.25, -0.2) is 0 Å². The van der Waals surface area contributed by atoms with E-state index in [-0.39, 0.29) is 5.91 Å². The summed E-state index contributed by atoms with van der Waals surface area (Å²) in [6.07, 6.45) is 4.18. The molecule has 1 aliphatic rings. The lowest BCUT2D eigenvalue weighted by Crippen LogP contribution is -2.33. The first kappa shape index (κ1) is 15.5. The standard InChI is InChI=1S/C17H19N7O/c1-10-11(2)17(22-24-9-19-21-16(10)24)23-5-4-15-13(8-23)6-14(7-18-15)20-12(3)25/h6-7,9H,4-5,8H2,1-3H3,(H,20,25). The summed E-state index contributed by atoms with van der Waals surface area (Å²) in [5.41, 5.74) is 5.88. The van der Waals surface area contributed by atoms with Crippen LogP contribution in [-0.4, -0.2) is 37.2 Å². The summed E-state index contributed by atoms with van der Waals surface area (Å²) >= 11 is 0. The van der Waals surface area contributed by atoms with E-state index < -0.39 is 0 Å². The van der Waals surface area contributed by atoms with Gasteiger partial charge in [0.2, 0.25) is 5.91 Å². The van der Waals surface area contributed by atoms with Crippen molar-refractivity contribution in [1.82, 2.24) is 24.8 Å². The van der Waals surface area contributed by atoms with Crippen molar-refractivity contribution in [2.24, 2.45) is 0 Å². The number of carbonyl (C=O) groups excluding carboxylic acids is 1. The zero-order valence-electron chi connectivity index (χ0n) is 14.4. The molecule has 128 valence electrons. The van der Waals surface area contributed by atoms with E-state index in [4.69, 9.17) is 5.10 Å². The van der Waals surface area contributed by atoms with E-state index in [0.717, 1.165) is 52.5 Å². The molecule has 1 N–H and O–H groups in total. The molecular weight excluding hydrogens is 318 g/mol. The Morgan fingerprint density at radius 2 is 2.12 bits per heavy atom. The third-order valence-electron chi connectivity index (χ3n) is 4.63. The maximum absolute atomic E-state index is 11.3. The van der Waals surface area contributed by atoms with E-state index in [1.165, 1.54) is 6.92 Å². The minimum Gasteiger partial charge on any atom is -0.350 e. The lowest BCUT2D eigenvalue weighted by molar-refractivity contribution is -0.114. The molecule has 0 saturated carbocycles. The predicted octanol–water partition coefficient (Wildman–Crippen LogP) is 1.66. The molecule has 0 bridgehead atoms. The monoisotopic (exact) mass is 337 g/mol. The number of pyridine rings is 1. The Kier molecular flexibility index (Phi) is 3.60. The number of hydrogen-bond donors (Lipinski definition) is 1. The van der Waals surface area contributed by atoms with Crippen molar-refractivity contribution in [2.45, 2.75) is 33.7 Å². The van der Waals surface area contributed by atoms with Gasteiger partial charge in [0.25, 0.3) is 0 Å². The summed E-state index contributed by atoms with van der Waals surface area (Å²) in [7, 11) is 0. The summed E-state index contributed by atoms with van der Waals surface area (Å²) in [6.45, 7) is 7.15. The maximum atomic E-state index is 11.3. The summed E-state index contributed by atoms with van der Waals surface area (Å²) in [5.74, 6) is 0.834. The van der Waals surface area contributed by atoms with Crippen LogP contribution in [0, 0.1) is 13.8 Å². The SMILES string of the molecule is CC(=O)Nc1cnc2c(c1)CN(c1nn3cnnc3c(C)c1C)CC2. The van der Waals surface area contributed by atoms with Crippen LogP contribution in [0.2, 0.25) is 0 Å². The number of fused-ring (bicyclic) bond motifs is 2. The summed E-state index contributed by atoms with van der Waals surface area (Å²) in [6, 6.07) is 2.00. The molecule has 3 aromatic heterocycles. The van der Waals surface area contributed by atoms with Gasteiger partial charge in [-0.2, -0.15) is 4.52 Å². The average molecular weight is 337 g/mol. The van der Waals surface area contributed by atoms with Gasteiger partial charge in [-0.1, -0.05) is 0 Å². The smallest absolute Gasteiger partial charge is 0.221 e. The molecule has 4 heterocycles. The van der Waals surface area contributed by atoms with Gasteiger partial charge in [0.15, 0.2) is 11.5 Å². The second-order valence-electron chi connectivity index (χ2n) is 6.36. The zero-order chi connectivity index (χ0) is 17.6.